The summed E-state index contributed by atoms with van der Waals surface area (Å²) >= 11 is 0. The average Bonchev–Trinajstić information content (AvgIpc) is 3.22. The highest BCUT2D eigenvalue weighted by Gasteiger charge is 2.03. The van der Waals surface area contributed by atoms with Gasteiger partial charge in [0.1, 0.15) is 0 Å². The molecule has 3 N–H and O–H groups in total. The molecule has 1 aromatic heterocycles. The van der Waals surface area contributed by atoms with Crippen LogP contribution in [0.1, 0.15) is 11.1 Å². The summed E-state index contributed by atoms with van der Waals surface area (Å²) in [6, 6.07) is 14.4. The third-order valence-electron chi connectivity index (χ3n) is 4.11. The van der Waals surface area contributed by atoms with Crippen LogP contribution < -0.4 is 10.6 Å². The van der Waals surface area contributed by atoms with E-state index in [1.165, 1.54) is 17.7 Å². The zero-order valence-electron chi connectivity index (χ0n) is 15.1. The van der Waals surface area contributed by atoms with Gasteiger partial charge in [-0.25, -0.2) is 9.07 Å². The minimum atomic E-state index is -0.629. The number of aromatic hydroxyl groups is 1. The van der Waals surface area contributed by atoms with Crippen LogP contribution in [0.2, 0.25) is 0 Å². The molecule has 0 atom stereocenters. The van der Waals surface area contributed by atoms with Crippen molar-refractivity contribution >= 4 is 5.96 Å². The first-order valence-electron chi connectivity index (χ1n) is 8.66. The van der Waals surface area contributed by atoms with Gasteiger partial charge < -0.3 is 15.7 Å². The first-order chi connectivity index (χ1) is 13.2. The number of phenols is 1. The maximum Gasteiger partial charge on any atom is 0.191 e. The zero-order valence-corrected chi connectivity index (χ0v) is 15.1. The van der Waals surface area contributed by atoms with E-state index in [4.69, 9.17) is 0 Å². The predicted molar refractivity (Wildman–Crippen MR) is 104 cm³/mol. The Morgan fingerprint density at radius 2 is 1.93 bits per heavy atom. The van der Waals surface area contributed by atoms with Crippen molar-refractivity contribution in [3.63, 3.8) is 0 Å². The van der Waals surface area contributed by atoms with Crippen LogP contribution >= 0.6 is 0 Å². The zero-order chi connectivity index (χ0) is 19.1. The van der Waals surface area contributed by atoms with Crippen molar-refractivity contribution < 1.29 is 9.50 Å². The van der Waals surface area contributed by atoms with Crippen LogP contribution in [0.15, 0.2) is 65.9 Å². The number of aliphatic imine (C=N–C) groups is 1. The molecule has 0 bridgehead atoms. The quantitative estimate of drug-likeness (QED) is 0.463. The highest BCUT2D eigenvalue weighted by Crippen LogP contribution is 2.15. The predicted octanol–water partition coefficient (Wildman–Crippen LogP) is 2.62. The number of benzene rings is 2. The van der Waals surface area contributed by atoms with Gasteiger partial charge in [-0.05, 0) is 47.9 Å². The van der Waals surface area contributed by atoms with E-state index in [0.29, 0.717) is 19.0 Å². The lowest BCUT2D eigenvalue weighted by Gasteiger charge is -2.12. The second-order valence-corrected chi connectivity index (χ2v) is 6.01. The van der Waals surface area contributed by atoms with E-state index in [9.17, 15) is 9.50 Å². The van der Waals surface area contributed by atoms with Gasteiger partial charge in [0, 0.05) is 32.5 Å². The van der Waals surface area contributed by atoms with Gasteiger partial charge in [0.15, 0.2) is 17.5 Å². The molecule has 0 fully saturated rings. The lowest BCUT2D eigenvalue weighted by Crippen LogP contribution is -2.37. The molecule has 0 saturated heterocycles. The summed E-state index contributed by atoms with van der Waals surface area (Å²) in [7, 11) is 1.69. The van der Waals surface area contributed by atoms with E-state index in [0.717, 1.165) is 17.7 Å². The number of hydrogen-bond acceptors (Lipinski definition) is 3. The van der Waals surface area contributed by atoms with E-state index in [2.05, 4.69) is 32.9 Å². The van der Waals surface area contributed by atoms with Crippen molar-refractivity contribution in [1.82, 2.24) is 20.4 Å². The van der Waals surface area contributed by atoms with Gasteiger partial charge in [0.2, 0.25) is 0 Å². The van der Waals surface area contributed by atoms with Crippen LogP contribution in [-0.4, -0.2) is 34.4 Å². The van der Waals surface area contributed by atoms with Gasteiger partial charge in [-0.1, -0.05) is 18.2 Å². The Labute approximate surface area is 157 Å². The van der Waals surface area contributed by atoms with E-state index in [1.807, 2.05) is 29.1 Å². The van der Waals surface area contributed by atoms with Gasteiger partial charge in [-0.3, -0.25) is 4.99 Å². The normalized spacial score (nSPS) is 11.4. The number of nitrogens with one attached hydrogen (secondary N) is 2. The van der Waals surface area contributed by atoms with Crippen molar-refractivity contribution in [2.45, 2.75) is 13.0 Å². The number of phenolic OH excluding ortho intramolecular Hbond substituents is 1. The second kappa shape index (κ2) is 8.84. The first-order valence-corrected chi connectivity index (χ1v) is 8.66. The van der Waals surface area contributed by atoms with Gasteiger partial charge in [-0.15, -0.1) is 0 Å². The summed E-state index contributed by atoms with van der Waals surface area (Å²) in [5.41, 5.74) is 2.95. The van der Waals surface area contributed by atoms with Gasteiger partial charge in [0.25, 0.3) is 0 Å². The summed E-state index contributed by atoms with van der Waals surface area (Å²) in [4.78, 5) is 4.16. The van der Waals surface area contributed by atoms with E-state index in [-0.39, 0.29) is 5.75 Å². The van der Waals surface area contributed by atoms with E-state index < -0.39 is 5.82 Å². The minimum Gasteiger partial charge on any atom is -0.505 e. The molecule has 0 radical (unpaired) electrons. The van der Waals surface area contributed by atoms with Crippen LogP contribution in [0.3, 0.4) is 0 Å². The number of hydrogen-bond donors (Lipinski definition) is 3. The molecule has 2 aromatic carbocycles. The summed E-state index contributed by atoms with van der Waals surface area (Å²) in [6.45, 7) is 1.13. The highest BCUT2D eigenvalue weighted by atomic mass is 19.1. The molecule has 1 heterocycles. The molecule has 6 nitrogen and oxygen atoms in total. The largest absolute Gasteiger partial charge is 0.505 e. The third kappa shape index (κ3) is 5.07. The first kappa shape index (κ1) is 18.4. The third-order valence-corrected chi connectivity index (χ3v) is 4.11. The van der Waals surface area contributed by atoms with Crippen LogP contribution in [0.4, 0.5) is 4.39 Å². The molecule has 0 aliphatic heterocycles. The summed E-state index contributed by atoms with van der Waals surface area (Å²) in [6.07, 6.45) is 4.50. The van der Waals surface area contributed by atoms with Crippen molar-refractivity contribution in [1.29, 1.82) is 0 Å². The number of aromatic nitrogens is 2. The van der Waals surface area contributed by atoms with Crippen molar-refractivity contribution in [3.05, 3.63) is 77.9 Å². The molecule has 0 saturated carbocycles. The SMILES string of the molecule is CN=C(NCCc1ccc(-n2cccn2)cc1)NCc1ccc(O)c(F)c1. The summed E-state index contributed by atoms with van der Waals surface area (Å²) < 4.78 is 15.2. The lowest BCUT2D eigenvalue weighted by molar-refractivity contribution is 0.431. The topological polar surface area (TPSA) is 74.5 Å². The van der Waals surface area contributed by atoms with Crippen molar-refractivity contribution in [2.24, 2.45) is 4.99 Å². The Morgan fingerprint density at radius 3 is 2.59 bits per heavy atom. The maximum absolute atomic E-state index is 13.4. The second-order valence-electron chi connectivity index (χ2n) is 6.01. The Balaban J connectivity index is 1.46. The molecular weight excluding hydrogens is 345 g/mol. The van der Waals surface area contributed by atoms with Crippen LogP contribution in [0.25, 0.3) is 5.69 Å². The van der Waals surface area contributed by atoms with Crippen molar-refractivity contribution in [2.75, 3.05) is 13.6 Å². The molecule has 3 aromatic rings. The fourth-order valence-corrected chi connectivity index (χ4v) is 2.63. The minimum absolute atomic E-state index is 0.347. The number of guanidine groups is 1. The van der Waals surface area contributed by atoms with Gasteiger partial charge >= 0.3 is 0 Å². The molecule has 27 heavy (non-hydrogen) atoms. The fourth-order valence-electron chi connectivity index (χ4n) is 2.63. The number of nitrogens with zero attached hydrogens (tertiary/aromatic N) is 3. The smallest absolute Gasteiger partial charge is 0.191 e. The molecule has 0 amide bonds. The van der Waals surface area contributed by atoms with Crippen molar-refractivity contribution in [3.8, 4) is 11.4 Å². The van der Waals surface area contributed by atoms with Gasteiger partial charge in [0.05, 0.1) is 5.69 Å². The standard InChI is InChI=1S/C20H22FN5O/c1-22-20(24-14-16-5-8-19(27)18(21)13-16)23-11-9-15-3-6-17(7-4-15)26-12-2-10-25-26/h2-8,10,12-13,27H,9,11,14H2,1H3,(H2,22,23,24). The van der Waals surface area contributed by atoms with E-state index >= 15 is 0 Å². The Bertz CT molecular complexity index is 891. The molecule has 7 heteroatoms. The van der Waals surface area contributed by atoms with E-state index in [1.54, 1.807) is 19.3 Å². The molecule has 0 aliphatic rings. The lowest BCUT2D eigenvalue weighted by atomic mass is 10.1. The molecule has 0 unspecified atom stereocenters. The maximum atomic E-state index is 13.4. The summed E-state index contributed by atoms with van der Waals surface area (Å²) in [5.74, 6) is -0.340. The molecule has 0 spiro atoms. The Kier molecular flexibility index (Phi) is 6.04. The number of halogens is 1. The van der Waals surface area contributed by atoms with Gasteiger partial charge in [-0.2, -0.15) is 5.10 Å². The average molecular weight is 367 g/mol. The highest BCUT2D eigenvalue weighted by molar-refractivity contribution is 5.79. The molecular formula is C20H22FN5O. The molecule has 3 rings (SSSR count). The summed E-state index contributed by atoms with van der Waals surface area (Å²) in [5, 5.41) is 19.8. The Hall–Kier alpha value is -3.35. The van der Waals surface area contributed by atoms with Crippen LogP contribution in [-0.2, 0) is 13.0 Å². The fraction of sp³-hybridized carbons (Fsp3) is 0.200. The molecule has 140 valence electrons. The molecule has 0 aliphatic carbocycles. The van der Waals surface area contributed by atoms with Crippen LogP contribution in [0.5, 0.6) is 5.75 Å². The Morgan fingerprint density at radius 1 is 1.15 bits per heavy atom. The monoisotopic (exact) mass is 367 g/mol. The number of rotatable bonds is 6. The van der Waals surface area contributed by atoms with Crippen LogP contribution in [0, 0.1) is 5.82 Å².